The second-order valence-corrected chi connectivity index (χ2v) is 8.79. The van der Waals surface area contributed by atoms with E-state index in [1.807, 2.05) is 13.0 Å². The van der Waals surface area contributed by atoms with Crippen LogP contribution in [-0.4, -0.2) is 56.2 Å². The van der Waals surface area contributed by atoms with Crippen molar-refractivity contribution in [1.82, 2.24) is 4.90 Å². The van der Waals surface area contributed by atoms with Crippen molar-refractivity contribution in [3.63, 3.8) is 0 Å². The highest BCUT2D eigenvalue weighted by Crippen LogP contribution is 2.30. The number of anilines is 2. The van der Waals surface area contributed by atoms with Gasteiger partial charge in [-0.05, 0) is 79.6 Å². The largest absolute Gasteiger partial charge is 0.494 e. The quantitative estimate of drug-likeness (QED) is 0.359. The van der Waals surface area contributed by atoms with Gasteiger partial charge in [-0.2, -0.15) is 0 Å². The van der Waals surface area contributed by atoms with Crippen LogP contribution in [0.4, 0.5) is 20.6 Å². The number of carbonyl (C=O) groups is 3. The van der Waals surface area contributed by atoms with Crippen molar-refractivity contribution >= 4 is 29.2 Å². The summed E-state index contributed by atoms with van der Waals surface area (Å²) in [7, 11) is 3.07. The lowest BCUT2D eigenvalue weighted by Gasteiger charge is -2.22. The minimum absolute atomic E-state index is 0.165. The van der Waals surface area contributed by atoms with Crippen molar-refractivity contribution in [2.75, 3.05) is 37.6 Å². The molecule has 10 heteroatoms. The molecule has 39 heavy (non-hydrogen) atoms. The zero-order valence-corrected chi connectivity index (χ0v) is 22.0. The van der Waals surface area contributed by atoms with Crippen molar-refractivity contribution in [1.29, 1.82) is 0 Å². The summed E-state index contributed by atoms with van der Waals surface area (Å²) in [4.78, 5) is 42.2. The van der Waals surface area contributed by atoms with Gasteiger partial charge in [0.1, 0.15) is 17.6 Å². The number of hydrogen-bond donors (Lipinski definition) is 1. The summed E-state index contributed by atoms with van der Waals surface area (Å²) in [6.45, 7) is 2.56. The molecule has 4 rings (SSSR count). The van der Waals surface area contributed by atoms with E-state index in [0.717, 1.165) is 10.5 Å². The molecule has 204 valence electrons. The van der Waals surface area contributed by atoms with Gasteiger partial charge in [0, 0.05) is 12.2 Å². The van der Waals surface area contributed by atoms with E-state index in [2.05, 4.69) is 5.32 Å². The third kappa shape index (κ3) is 6.28. The fourth-order valence-electron chi connectivity index (χ4n) is 4.39. The normalized spacial score (nSPS) is 14.9. The first-order chi connectivity index (χ1) is 18.8. The van der Waals surface area contributed by atoms with Crippen LogP contribution in [0, 0.1) is 5.82 Å². The summed E-state index contributed by atoms with van der Waals surface area (Å²) in [5, 5.41) is 2.77. The van der Waals surface area contributed by atoms with E-state index >= 15 is 0 Å². The lowest BCUT2D eigenvalue weighted by molar-refractivity contribution is -0.124. The summed E-state index contributed by atoms with van der Waals surface area (Å²) in [5.41, 5.74) is 1.62. The van der Waals surface area contributed by atoms with Gasteiger partial charge in [0.15, 0.2) is 11.5 Å². The minimum atomic E-state index is -1.04. The molecule has 1 aliphatic rings. The van der Waals surface area contributed by atoms with Crippen molar-refractivity contribution in [2.45, 2.75) is 25.8 Å². The second kappa shape index (κ2) is 12.3. The fourth-order valence-corrected chi connectivity index (χ4v) is 4.39. The molecule has 1 N–H and O–H groups in total. The molecule has 1 unspecified atom stereocenters. The summed E-state index contributed by atoms with van der Waals surface area (Å²) >= 11 is 0. The third-order valence-electron chi connectivity index (χ3n) is 6.32. The van der Waals surface area contributed by atoms with Crippen molar-refractivity contribution < 1.29 is 33.0 Å². The average Bonchev–Trinajstić information content (AvgIpc) is 3.17. The lowest BCUT2D eigenvalue weighted by Crippen LogP contribution is -2.39. The van der Waals surface area contributed by atoms with Gasteiger partial charge >= 0.3 is 6.03 Å². The van der Waals surface area contributed by atoms with Crippen LogP contribution in [0.2, 0.25) is 0 Å². The van der Waals surface area contributed by atoms with E-state index in [-0.39, 0.29) is 18.7 Å². The maximum atomic E-state index is 13.5. The number of urea groups is 1. The van der Waals surface area contributed by atoms with E-state index in [1.165, 1.54) is 36.3 Å². The zero-order chi connectivity index (χ0) is 27.9. The Labute approximate surface area is 226 Å². The summed E-state index contributed by atoms with van der Waals surface area (Å²) in [5.74, 6) is 0.305. The van der Waals surface area contributed by atoms with E-state index in [4.69, 9.17) is 14.2 Å². The Kier molecular flexibility index (Phi) is 8.65. The number of ether oxygens (including phenoxy) is 3. The van der Waals surface area contributed by atoms with Crippen molar-refractivity contribution in [2.24, 2.45) is 0 Å². The van der Waals surface area contributed by atoms with Crippen LogP contribution in [0.25, 0.3) is 0 Å². The first-order valence-electron chi connectivity index (χ1n) is 12.5. The van der Waals surface area contributed by atoms with Crippen LogP contribution < -0.4 is 24.4 Å². The number of hydrogen-bond acceptors (Lipinski definition) is 6. The molecule has 1 atom stereocenters. The lowest BCUT2D eigenvalue weighted by atomic mass is 10.1. The monoisotopic (exact) mass is 535 g/mol. The molecular formula is C29H30FN3O6. The average molecular weight is 536 g/mol. The Hall–Kier alpha value is -4.60. The topological polar surface area (TPSA) is 97.4 Å². The highest BCUT2D eigenvalue weighted by atomic mass is 19.1. The standard InChI is InChI=1S/C29H30FN3O6/c1-4-39-23-12-8-21(9-13-23)31-27(34)18-24-28(35)33(22-10-6-20(30)7-11-22)29(36)32(24)16-15-19-5-14-25(37-2)26(17-19)38-3/h5-14,17,24H,4,15-16,18H2,1-3H3,(H,31,34). The minimum Gasteiger partial charge on any atom is -0.494 e. The molecule has 9 nitrogen and oxygen atoms in total. The maximum Gasteiger partial charge on any atom is 0.332 e. The molecule has 0 aromatic heterocycles. The van der Waals surface area contributed by atoms with Gasteiger partial charge in [0.2, 0.25) is 5.91 Å². The molecule has 0 spiro atoms. The summed E-state index contributed by atoms with van der Waals surface area (Å²) in [6, 6.07) is 15.7. The number of rotatable bonds is 11. The molecule has 0 aliphatic carbocycles. The highest BCUT2D eigenvalue weighted by molar-refractivity contribution is 6.22. The van der Waals surface area contributed by atoms with Crippen LogP contribution >= 0.6 is 0 Å². The van der Waals surface area contributed by atoms with Gasteiger partial charge < -0.3 is 24.4 Å². The van der Waals surface area contributed by atoms with Crippen LogP contribution in [0.15, 0.2) is 66.7 Å². The predicted octanol–water partition coefficient (Wildman–Crippen LogP) is 4.65. The first kappa shape index (κ1) is 27.4. The van der Waals surface area contributed by atoms with E-state index in [9.17, 15) is 18.8 Å². The van der Waals surface area contributed by atoms with Gasteiger partial charge in [-0.3, -0.25) is 9.59 Å². The molecule has 1 saturated heterocycles. The van der Waals surface area contributed by atoms with Crippen LogP contribution in [0.3, 0.4) is 0 Å². The van der Waals surface area contributed by atoms with Crippen LogP contribution in [0.1, 0.15) is 18.9 Å². The van der Waals surface area contributed by atoms with Gasteiger partial charge in [-0.25, -0.2) is 14.1 Å². The van der Waals surface area contributed by atoms with E-state index in [0.29, 0.717) is 36.0 Å². The highest BCUT2D eigenvalue weighted by Gasteiger charge is 2.46. The molecule has 1 aliphatic heterocycles. The van der Waals surface area contributed by atoms with Crippen LogP contribution in [0.5, 0.6) is 17.2 Å². The van der Waals surface area contributed by atoms with Crippen molar-refractivity contribution in [3.8, 4) is 17.2 Å². The molecule has 0 saturated carbocycles. The first-order valence-corrected chi connectivity index (χ1v) is 12.5. The van der Waals surface area contributed by atoms with Gasteiger partial charge in [0.05, 0.1) is 32.9 Å². The van der Waals surface area contributed by atoms with Gasteiger partial charge in [-0.1, -0.05) is 6.07 Å². The van der Waals surface area contributed by atoms with Gasteiger partial charge in [0.25, 0.3) is 5.91 Å². The van der Waals surface area contributed by atoms with Gasteiger partial charge in [-0.15, -0.1) is 0 Å². The maximum absolute atomic E-state index is 13.5. The Bertz CT molecular complexity index is 1330. The van der Waals surface area contributed by atoms with E-state index in [1.54, 1.807) is 43.5 Å². The summed E-state index contributed by atoms with van der Waals surface area (Å²) < 4.78 is 29.6. The summed E-state index contributed by atoms with van der Waals surface area (Å²) in [6.07, 6.45) is 0.148. The Morgan fingerprint density at radius 3 is 2.28 bits per heavy atom. The second-order valence-electron chi connectivity index (χ2n) is 8.79. The Morgan fingerprint density at radius 1 is 0.949 bits per heavy atom. The molecule has 4 amide bonds. The molecule has 3 aromatic carbocycles. The number of amides is 4. The number of benzene rings is 3. The SMILES string of the molecule is CCOc1ccc(NC(=O)CC2C(=O)N(c3ccc(F)cc3)C(=O)N2CCc2ccc(OC)c(OC)c2)cc1. The molecular weight excluding hydrogens is 505 g/mol. The number of nitrogens with zero attached hydrogens (tertiary/aromatic N) is 2. The molecule has 0 radical (unpaired) electrons. The predicted molar refractivity (Wildman–Crippen MR) is 144 cm³/mol. The number of methoxy groups -OCH3 is 2. The Morgan fingerprint density at radius 2 is 1.64 bits per heavy atom. The molecule has 1 fully saturated rings. The number of carbonyl (C=O) groups excluding carboxylic acids is 3. The fraction of sp³-hybridized carbons (Fsp3) is 0.276. The number of halogens is 1. The molecule has 1 heterocycles. The number of imide groups is 1. The molecule has 3 aromatic rings. The molecule has 0 bridgehead atoms. The van der Waals surface area contributed by atoms with Crippen molar-refractivity contribution in [3.05, 3.63) is 78.1 Å². The smallest absolute Gasteiger partial charge is 0.332 e. The van der Waals surface area contributed by atoms with Crippen LogP contribution in [-0.2, 0) is 16.0 Å². The zero-order valence-electron chi connectivity index (χ0n) is 22.0. The third-order valence-corrected chi connectivity index (χ3v) is 6.32. The Balaban J connectivity index is 1.54. The number of nitrogens with one attached hydrogen (secondary N) is 1. The van der Waals surface area contributed by atoms with E-state index < -0.39 is 29.7 Å².